The number of aliphatic hydroxyl groups excluding tert-OH is 1. The highest BCUT2D eigenvalue weighted by molar-refractivity contribution is 5.56. The molecule has 3 atom stereocenters. The second-order valence-electron chi connectivity index (χ2n) is 10.0. The Morgan fingerprint density at radius 3 is 2.44 bits per heavy atom. The lowest BCUT2D eigenvalue weighted by Crippen LogP contribution is -2.45. The number of hydrogen-bond donors (Lipinski definition) is 1. The van der Waals surface area contributed by atoms with Crippen LogP contribution in [0.25, 0.3) is 5.65 Å². The summed E-state index contributed by atoms with van der Waals surface area (Å²) >= 11 is 0. The molecule has 3 aromatic rings. The van der Waals surface area contributed by atoms with Crippen molar-refractivity contribution >= 4 is 11.5 Å². The summed E-state index contributed by atoms with van der Waals surface area (Å²) < 4.78 is 2.23. The molecule has 2 saturated heterocycles. The molecule has 0 aliphatic carbocycles. The van der Waals surface area contributed by atoms with E-state index in [4.69, 9.17) is 9.97 Å². The monoisotopic (exact) mass is 462 g/mol. The number of imidazole rings is 1. The number of pyridine rings is 2. The summed E-state index contributed by atoms with van der Waals surface area (Å²) in [5.41, 5.74) is 5.31. The fourth-order valence-corrected chi connectivity index (χ4v) is 5.79. The van der Waals surface area contributed by atoms with E-state index in [2.05, 4.69) is 71.3 Å². The van der Waals surface area contributed by atoms with E-state index >= 15 is 0 Å². The van der Waals surface area contributed by atoms with E-state index in [0.29, 0.717) is 6.42 Å². The lowest BCUT2D eigenvalue weighted by Gasteiger charge is -2.39. The number of hydrogen-bond acceptors (Lipinski definition) is 6. The molecule has 0 bridgehead atoms. The average molecular weight is 463 g/mol. The normalized spacial score (nSPS) is 23.5. The van der Waals surface area contributed by atoms with Crippen LogP contribution >= 0.6 is 0 Å². The number of anilines is 1. The van der Waals surface area contributed by atoms with Gasteiger partial charge in [0, 0.05) is 32.4 Å². The first-order valence-electron chi connectivity index (χ1n) is 12.8. The highest BCUT2D eigenvalue weighted by Gasteiger charge is 2.36. The summed E-state index contributed by atoms with van der Waals surface area (Å²) in [6, 6.07) is 10.9. The number of likely N-dealkylation sites (N-methyl/N-ethyl adjacent to an activating group) is 1. The minimum absolute atomic E-state index is 0.150. The molecule has 3 aromatic heterocycles. The maximum atomic E-state index is 11.3. The second kappa shape index (κ2) is 9.64. The highest BCUT2D eigenvalue weighted by Crippen LogP contribution is 2.43. The smallest absolute Gasteiger partial charge is 0.139 e. The Hall–Kier alpha value is -2.48. The lowest BCUT2D eigenvalue weighted by molar-refractivity contribution is 0.103. The van der Waals surface area contributed by atoms with Gasteiger partial charge in [-0.15, -0.1) is 0 Å². The third-order valence-electron chi connectivity index (χ3n) is 7.84. The van der Waals surface area contributed by atoms with Gasteiger partial charge in [-0.05, 0) is 70.5 Å². The number of fused-ring (bicyclic) bond motifs is 1. The molecule has 0 aromatic carbocycles. The minimum atomic E-state index is -0.552. The zero-order valence-electron chi connectivity index (χ0n) is 21.0. The largest absolute Gasteiger partial charge is 0.387 e. The number of aryl methyl sites for hydroxylation is 1. The molecule has 0 unspecified atom stereocenters. The number of nitrogens with zero attached hydrogens (tertiary/aromatic N) is 6. The van der Waals surface area contributed by atoms with Gasteiger partial charge in [0.05, 0.1) is 35.3 Å². The molecular weight excluding hydrogens is 424 g/mol. The molecule has 0 radical (unpaired) electrons. The molecule has 7 heteroatoms. The fourth-order valence-electron chi connectivity index (χ4n) is 5.79. The van der Waals surface area contributed by atoms with Crippen LogP contribution in [-0.4, -0.2) is 69.5 Å². The van der Waals surface area contributed by atoms with Gasteiger partial charge in [0.2, 0.25) is 0 Å². The van der Waals surface area contributed by atoms with Crippen LogP contribution < -0.4 is 4.90 Å². The summed E-state index contributed by atoms with van der Waals surface area (Å²) in [5, 5.41) is 11.3. The average Bonchev–Trinajstić information content (AvgIpc) is 3.24. The zero-order chi connectivity index (χ0) is 23.8. The third-order valence-corrected chi connectivity index (χ3v) is 7.84. The van der Waals surface area contributed by atoms with Crippen LogP contribution in [0.2, 0.25) is 0 Å². The van der Waals surface area contributed by atoms with E-state index in [1.807, 2.05) is 12.3 Å². The molecule has 2 fully saturated rings. The highest BCUT2D eigenvalue weighted by atomic mass is 16.3. The first-order valence-corrected chi connectivity index (χ1v) is 12.8. The molecule has 5 heterocycles. The van der Waals surface area contributed by atoms with E-state index in [1.165, 1.54) is 5.56 Å². The number of likely N-dealkylation sites (tertiary alicyclic amines) is 1. The molecule has 0 spiro atoms. The number of rotatable bonds is 5. The van der Waals surface area contributed by atoms with Crippen molar-refractivity contribution in [3.05, 3.63) is 59.2 Å². The van der Waals surface area contributed by atoms with Gasteiger partial charge in [-0.3, -0.25) is 14.3 Å². The quantitative estimate of drug-likeness (QED) is 0.615. The lowest BCUT2D eigenvalue weighted by atomic mass is 9.89. The van der Waals surface area contributed by atoms with Crippen molar-refractivity contribution in [2.75, 3.05) is 45.2 Å². The third kappa shape index (κ3) is 4.10. The maximum absolute atomic E-state index is 11.3. The standard InChI is InChI=1S/C27H38N6O/c1-5-22(34)27-26(21-11-6-10-20(31(21)4)25-19(2)9-8-14-28-25)29-23-12-7-13-24(33(23)27)32-17-15-30(3)16-18-32/h7-9,12-14,20-22,34H,5-6,10-11,15-18H2,1-4H3/t20-,21+,22-/m0/s1. The molecule has 5 rings (SSSR count). The number of piperidine rings is 1. The molecule has 2 aliphatic rings. The second-order valence-corrected chi connectivity index (χ2v) is 10.0. The molecule has 34 heavy (non-hydrogen) atoms. The molecule has 182 valence electrons. The predicted molar refractivity (Wildman–Crippen MR) is 136 cm³/mol. The Kier molecular flexibility index (Phi) is 6.60. The van der Waals surface area contributed by atoms with E-state index in [-0.39, 0.29) is 12.1 Å². The Morgan fingerprint density at radius 1 is 1.00 bits per heavy atom. The summed E-state index contributed by atoms with van der Waals surface area (Å²) in [6.45, 7) is 8.25. The van der Waals surface area contributed by atoms with Gasteiger partial charge in [0.1, 0.15) is 11.5 Å². The van der Waals surface area contributed by atoms with Crippen LogP contribution in [0.3, 0.4) is 0 Å². The van der Waals surface area contributed by atoms with Crippen molar-refractivity contribution in [2.45, 2.75) is 57.7 Å². The maximum Gasteiger partial charge on any atom is 0.139 e. The first kappa shape index (κ1) is 23.3. The SMILES string of the molecule is CC[C@H](O)c1c([C@H]2CCC[C@@H](c3ncccc3C)N2C)nc2cccc(N3CCN(C)CC3)n12. The van der Waals surface area contributed by atoms with Crippen molar-refractivity contribution in [1.82, 2.24) is 24.2 Å². The minimum Gasteiger partial charge on any atom is -0.387 e. The Balaban J connectivity index is 1.59. The van der Waals surface area contributed by atoms with Crippen LogP contribution in [0.15, 0.2) is 36.5 Å². The Morgan fingerprint density at radius 2 is 1.74 bits per heavy atom. The summed E-state index contributed by atoms with van der Waals surface area (Å²) in [5.74, 6) is 1.14. The number of aliphatic hydroxyl groups is 1. The van der Waals surface area contributed by atoms with E-state index in [1.54, 1.807) is 0 Å². The Bertz CT molecular complexity index is 1140. The summed E-state index contributed by atoms with van der Waals surface area (Å²) in [6.07, 6.45) is 5.27. The number of aromatic nitrogens is 3. The predicted octanol–water partition coefficient (Wildman–Crippen LogP) is 4.13. The van der Waals surface area contributed by atoms with Crippen LogP contribution in [-0.2, 0) is 0 Å². The van der Waals surface area contributed by atoms with Crippen molar-refractivity contribution in [1.29, 1.82) is 0 Å². The van der Waals surface area contributed by atoms with Crippen LogP contribution in [0.4, 0.5) is 5.82 Å². The number of piperazine rings is 1. The van der Waals surface area contributed by atoms with Gasteiger partial charge in [-0.25, -0.2) is 4.98 Å². The van der Waals surface area contributed by atoms with Gasteiger partial charge in [0.15, 0.2) is 0 Å². The molecule has 2 aliphatic heterocycles. The van der Waals surface area contributed by atoms with E-state index in [0.717, 1.165) is 74.0 Å². The zero-order valence-corrected chi connectivity index (χ0v) is 21.0. The summed E-state index contributed by atoms with van der Waals surface area (Å²) in [4.78, 5) is 17.2. The fraction of sp³-hybridized carbons (Fsp3) is 0.556. The Labute approximate surface area is 203 Å². The molecule has 1 N–H and O–H groups in total. The van der Waals surface area contributed by atoms with Crippen molar-refractivity contribution in [2.24, 2.45) is 0 Å². The topological polar surface area (TPSA) is 60.1 Å². The van der Waals surface area contributed by atoms with Crippen LogP contribution in [0, 0.1) is 6.92 Å². The van der Waals surface area contributed by atoms with Crippen molar-refractivity contribution < 1.29 is 5.11 Å². The molecule has 0 amide bonds. The van der Waals surface area contributed by atoms with Crippen LogP contribution in [0.5, 0.6) is 0 Å². The van der Waals surface area contributed by atoms with Crippen LogP contribution in [0.1, 0.15) is 73.4 Å². The van der Waals surface area contributed by atoms with Crippen molar-refractivity contribution in [3.63, 3.8) is 0 Å². The first-order chi connectivity index (χ1) is 16.5. The molecule has 7 nitrogen and oxygen atoms in total. The van der Waals surface area contributed by atoms with Gasteiger partial charge in [-0.1, -0.05) is 19.1 Å². The van der Waals surface area contributed by atoms with Crippen molar-refractivity contribution in [3.8, 4) is 0 Å². The van der Waals surface area contributed by atoms with E-state index in [9.17, 15) is 5.11 Å². The van der Waals surface area contributed by atoms with Gasteiger partial charge < -0.3 is 14.9 Å². The molecular formula is C27H38N6O. The summed E-state index contributed by atoms with van der Waals surface area (Å²) in [7, 11) is 4.38. The molecule has 0 saturated carbocycles. The van der Waals surface area contributed by atoms with E-state index < -0.39 is 6.10 Å². The van der Waals surface area contributed by atoms with Gasteiger partial charge >= 0.3 is 0 Å². The van der Waals surface area contributed by atoms with Gasteiger partial charge in [-0.2, -0.15) is 0 Å². The van der Waals surface area contributed by atoms with Gasteiger partial charge in [0.25, 0.3) is 0 Å².